The van der Waals surface area contributed by atoms with Crippen molar-refractivity contribution in [3.05, 3.63) is 89.0 Å². The lowest BCUT2D eigenvalue weighted by atomic mass is 9.91. The second-order valence-electron chi connectivity index (χ2n) is 9.14. The fourth-order valence-electron chi connectivity index (χ4n) is 3.54. The highest BCUT2D eigenvalue weighted by Gasteiger charge is 2.20. The van der Waals surface area contributed by atoms with Crippen LogP contribution in [-0.2, 0) is 10.1 Å². The van der Waals surface area contributed by atoms with Crippen molar-refractivity contribution in [2.24, 2.45) is 11.7 Å². The number of benzene rings is 3. The number of carbonyl (C=O) groups is 3. The molecule has 0 aliphatic carbocycles. The van der Waals surface area contributed by atoms with Crippen LogP contribution in [0.15, 0.2) is 66.7 Å². The summed E-state index contributed by atoms with van der Waals surface area (Å²) < 4.78 is 25.9. The average Bonchev–Trinajstić information content (AvgIpc) is 2.86. The summed E-state index contributed by atoms with van der Waals surface area (Å²) in [6.45, 7) is 4.05. The molecule has 1 amide bonds. The van der Waals surface area contributed by atoms with Gasteiger partial charge in [0, 0.05) is 28.8 Å². The Morgan fingerprint density at radius 3 is 2.00 bits per heavy atom. The molecule has 0 radical (unpaired) electrons. The number of nitrogen functional groups attached to an aromatic ring is 1. The molecule has 0 atom stereocenters. The topological polar surface area (TPSA) is 188 Å². The molecule has 206 valence electrons. The molecule has 0 aliphatic heterocycles. The molecule has 0 aliphatic rings. The van der Waals surface area contributed by atoms with Crippen molar-refractivity contribution in [3.63, 3.8) is 0 Å². The summed E-state index contributed by atoms with van der Waals surface area (Å²) in [7, 11) is -3.67. The first-order valence-corrected chi connectivity index (χ1v) is 13.7. The molecule has 3 rings (SSSR count). The maximum Gasteiger partial charge on any atom is 0.336 e. The fraction of sp³-hybridized carbons (Fsp3) is 0.214. The third kappa shape index (κ3) is 9.80. The van der Waals surface area contributed by atoms with Crippen molar-refractivity contribution in [3.8, 4) is 11.1 Å². The Morgan fingerprint density at radius 1 is 0.923 bits per heavy atom. The van der Waals surface area contributed by atoms with Crippen molar-refractivity contribution in [1.82, 2.24) is 0 Å². The number of amides is 1. The van der Waals surface area contributed by atoms with Crippen LogP contribution in [-0.4, -0.2) is 47.8 Å². The Morgan fingerprint density at radius 2 is 1.46 bits per heavy atom. The number of ketones is 1. The number of hydrogen-bond donors (Lipinski definition) is 5. The van der Waals surface area contributed by atoms with Crippen LogP contribution in [0.25, 0.3) is 11.1 Å². The first kappa shape index (κ1) is 30.9. The van der Waals surface area contributed by atoms with E-state index in [1.807, 2.05) is 13.8 Å². The van der Waals surface area contributed by atoms with E-state index in [4.69, 9.17) is 15.7 Å². The molecule has 0 saturated carbocycles. The number of nitrogens with one attached hydrogen (secondary N) is 2. The van der Waals surface area contributed by atoms with Gasteiger partial charge in [0.1, 0.15) is 5.84 Å². The zero-order valence-electron chi connectivity index (χ0n) is 21.8. The highest BCUT2D eigenvalue weighted by molar-refractivity contribution is 7.85. The van der Waals surface area contributed by atoms with Crippen LogP contribution < -0.4 is 11.1 Å². The molecule has 0 spiro atoms. The molecule has 39 heavy (non-hydrogen) atoms. The molecule has 0 heterocycles. The summed E-state index contributed by atoms with van der Waals surface area (Å²) in [6, 6.07) is 17.8. The summed E-state index contributed by atoms with van der Waals surface area (Å²) in [5.74, 6) is -1.41. The molecule has 0 unspecified atom stereocenters. The lowest BCUT2D eigenvalue weighted by molar-refractivity contribution is 0.0697. The zero-order valence-corrected chi connectivity index (χ0v) is 22.6. The zero-order chi connectivity index (χ0) is 29.3. The highest BCUT2D eigenvalue weighted by atomic mass is 32.2. The fourth-order valence-corrected chi connectivity index (χ4v) is 3.54. The molecule has 0 aromatic heterocycles. The van der Waals surface area contributed by atoms with Gasteiger partial charge in [0.2, 0.25) is 0 Å². The SMILES string of the molecule is CC(C)CCC(=O)c1ccc(-c2ccccc2C(=O)Nc2ccc(C(=N)N)cc2)c(C(=O)O)c1.CS(=O)(=O)O. The van der Waals surface area contributed by atoms with Gasteiger partial charge < -0.3 is 16.2 Å². The molecule has 11 heteroatoms. The second kappa shape index (κ2) is 13.4. The van der Waals surface area contributed by atoms with Gasteiger partial charge >= 0.3 is 5.97 Å². The first-order valence-electron chi connectivity index (χ1n) is 11.9. The quantitative estimate of drug-likeness (QED) is 0.109. The number of hydrogen-bond acceptors (Lipinski definition) is 6. The first-order chi connectivity index (χ1) is 18.2. The van der Waals surface area contributed by atoms with E-state index in [9.17, 15) is 27.9 Å². The molecular weight excluding hydrogens is 522 g/mol. The van der Waals surface area contributed by atoms with E-state index in [0.29, 0.717) is 52.1 Å². The average molecular weight is 554 g/mol. The van der Waals surface area contributed by atoms with Gasteiger partial charge in [-0.25, -0.2) is 4.79 Å². The van der Waals surface area contributed by atoms with Crippen molar-refractivity contribution >= 4 is 39.3 Å². The Kier molecular flexibility index (Phi) is 10.6. The van der Waals surface area contributed by atoms with Gasteiger partial charge in [-0.1, -0.05) is 44.2 Å². The van der Waals surface area contributed by atoms with Crippen LogP contribution in [0.4, 0.5) is 5.69 Å². The summed E-state index contributed by atoms with van der Waals surface area (Å²) in [5.41, 5.74) is 7.90. The third-order valence-electron chi connectivity index (χ3n) is 5.44. The van der Waals surface area contributed by atoms with E-state index in [1.54, 1.807) is 60.7 Å². The van der Waals surface area contributed by atoms with Crippen LogP contribution in [0.5, 0.6) is 0 Å². The van der Waals surface area contributed by atoms with Crippen LogP contribution in [0, 0.1) is 11.3 Å². The minimum absolute atomic E-state index is 0.0403. The third-order valence-corrected chi connectivity index (χ3v) is 5.44. The Bertz CT molecular complexity index is 1470. The number of carboxylic acid groups (broad SMARTS) is 1. The monoisotopic (exact) mass is 553 g/mol. The Hall–Kier alpha value is -4.35. The van der Waals surface area contributed by atoms with Crippen LogP contribution in [0.2, 0.25) is 0 Å². The molecule has 6 N–H and O–H groups in total. The lowest BCUT2D eigenvalue weighted by Gasteiger charge is -2.14. The van der Waals surface area contributed by atoms with E-state index in [0.717, 1.165) is 6.42 Å². The predicted molar refractivity (Wildman–Crippen MR) is 150 cm³/mol. The lowest BCUT2D eigenvalue weighted by Crippen LogP contribution is -2.15. The van der Waals surface area contributed by atoms with Crippen LogP contribution in [0.1, 0.15) is 63.3 Å². The maximum absolute atomic E-state index is 13.1. The number of Topliss-reactive ketones (excluding diaryl/α,β-unsaturated/α-hetero) is 1. The molecular formula is C28H31N3O7S. The van der Waals surface area contributed by atoms with E-state index in [-0.39, 0.29) is 17.2 Å². The second-order valence-corrected chi connectivity index (χ2v) is 10.6. The minimum atomic E-state index is -3.67. The molecule has 0 bridgehead atoms. The molecule has 3 aromatic carbocycles. The van der Waals surface area contributed by atoms with Gasteiger partial charge in [-0.2, -0.15) is 8.42 Å². The molecule has 0 fully saturated rings. The summed E-state index contributed by atoms with van der Waals surface area (Å²) in [4.78, 5) is 37.6. The van der Waals surface area contributed by atoms with Gasteiger partial charge in [0.25, 0.3) is 16.0 Å². The van der Waals surface area contributed by atoms with Crippen LogP contribution in [0.3, 0.4) is 0 Å². The van der Waals surface area contributed by atoms with E-state index in [1.165, 1.54) is 6.07 Å². The number of amidine groups is 1. The summed E-state index contributed by atoms with van der Waals surface area (Å²) >= 11 is 0. The van der Waals surface area contributed by atoms with Gasteiger partial charge in [0.15, 0.2) is 5.78 Å². The molecule has 0 saturated heterocycles. The number of carboxylic acids is 1. The molecule has 3 aromatic rings. The van der Waals surface area contributed by atoms with Crippen molar-refractivity contribution in [1.29, 1.82) is 5.41 Å². The van der Waals surface area contributed by atoms with Gasteiger partial charge in [-0.15, -0.1) is 0 Å². The number of aromatic carboxylic acids is 1. The number of nitrogens with two attached hydrogens (primary N) is 1. The summed E-state index contributed by atoms with van der Waals surface area (Å²) in [5, 5.41) is 20.1. The van der Waals surface area contributed by atoms with Gasteiger partial charge in [-0.3, -0.25) is 19.6 Å². The molecule has 10 nitrogen and oxygen atoms in total. The predicted octanol–water partition coefficient (Wildman–Crippen LogP) is 4.71. The Labute approximate surface area is 227 Å². The summed E-state index contributed by atoms with van der Waals surface area (Å²) in [6.07, 6.45) is 1.78. The number of rotatable bonds is 9. The Balaban J connectivity index is 0.000000976. The number of carbonyl (C=O) groups excluding carboxylic acids is 2. The highest BCUT2D eigenvalue weighted by Crippen LogP contribution is 2.29. The minimum Gasteiger partial charge on any atom is -0.478 e. The normalized spacial score (nSPS) is 10.8. The van der Waals surface area contributed by atoms with Crippen molar-refractivity contribution < 1.29 is 32.5 Å². The van der Waals surface area contributed by atoms with E-state index < -0.39 is 22.0 Å². The van der Waals surface area contributed by atoms with E-state index in [2.05, 4.69) is 5.32 Å². The standard InChI is InChI=1S/C27H27N3O4.CH4O3S/c1-16(2)7-14-24(31)18-10-13-21(23(15-18)27(33)34)20-5-3-4-6-22(20)26(32)30-19-11-8-17(9-12-19)25(28)29;1-5(2,3)4/h3-6,8-13,15-16H,7,14H2,1-2H3,(H3,28,29)(H,30,32)(H,33,34);1H3,(H,2,3,4). The van der Waals surface area contributed by atoms with Crippen molar-refractivity contribution in [2.45, 2.75) is 26.7 Å². The number of anilines is 1. The van der Waals surface area contributed by atoms with Gasteiger partial charge in [-0.05, 0) is 59.9 Å². The smallest absolute Gasteiger partial charge is 0.336 e. The van der Waals surface area contributed by atoms with Gasteiger partial charge in [0.05, 0.1) is 11.8 Å². The largest absolute Gasteiger partial charge is 0.478 e. The van der Waals surface area contributed by atoms with Crippen molar-refractivity contribution in [2.75, 3.05) is 11.6 Å². The van der Waals surface area contributed by atoms with E-state index >= 15 is 0 Å². The maximum atomic E-state index is 13.1. The van der Waals surface area contributed by atoms with Crippen LogP contribution >= 0.6 is 0 Å².